The summed E-state index contributed by atoms with van der Waals surface area (Å²) in [5, 5.41) is 3.63. The van der Waals surface area contributed by atoms with Crippen LogP contribution in [0.2, 0.25) is 0 Å². The molecular weight excluding hydrogens is 514 g/mol. The van der Waals surface area contributed by atoms with Crippen LogP contribution in [0.25, 0.3) is 11.0 Å². The number of likely N-dealkylation sites (tertiary alicyclic amines) is 1. The van der Waals surface area contributed by atoms with E-state index in [9.17, 15) is 14.4 Å². The molecule has 4 amide bonds. The maximum absolute atomic E-state index is 13.6. The van der Waals surface area contributed by atoms with Gasteiger partial charge in [0.2, 0.25) is 5.91 Å². The van der Waals surface area contributed by atoms with Gasteiger partial charge < -0.3 is 19.4 Å². The van der Waals surface area contributed by atoms with Crippen LogP contribution in [-0.4, -0.2) is 59.1 Å². The van der Waals surface area contributed by atoms with Gasteiger partial charge in [-0.05, 0) is 67.9 Å². The lowest BCUT2D eigenvalue weighted by Crippen LogP contribution is -2.50. The standard InChI is InChI=1S/C26H36BrN3O5/c1-17(2)16-30(22(31)12-13-28-24(32)35-26(3,4)5)25(33)29-14-8-9-18(29)15-20-19-10-6-7-11-21(19)34-23(20)27/h6-7,10-11,17-18H,8-9,12-16H2,1-5H3,(H,28,32)/t18-/m0/s1. The highest BCUT2D eigenvalue weighted by Gasteiger charge is 2.35. The topological polar surface area (TPSA) is 92.1 Å². The lowest BCUT2D eigenvalue weighted by atomic mass is 10.0. The molecule has 0 unspecified atom stereocenters. The monoisotopic (exact) mass is 549 g/mol. The zero-order valence-corrected chi connectivity index (χ0v) is 22.8. The quantitative estimate of drug-likeness (QED) is 0.476. The van der Waals surface area contributed by atoms with Crippen molar-refractivity contribution in [1.82, 2.24) is 15.1 Å². The molecule has 1 N–H and O–H groups in total. The lowest BCUT2D eigenvalue weighted by molar-refractivity contribution is -0.129. The van der Waals surface area contributed by atoms with Crippen molar-refractivity contribution >= 4 is 44.9 Å². The molecular formula is C26H36BrN3O5. The van der Waals surface area contributed by atoms with Crippen molar-refractivity contribution in [3.05, 3.63) is 34.5 Å². The van der Waals surface area contributed by atoms with E-state index in [4.69, 9.17) is 9.15 Å². The average Bonchev–Trinajstić information content (AvgIpc) is 3.34. The van der Waals surface area contributed by atoms with Crippen LogP contribution in [0.5, 0.6) is 0 Å². The minimum atomic E-state index is -0.617. The van der Waals surface area contributed by atoms with Gasteiger partial charge in [0, 0.05) is 43.0 Å². The first-order valence-electron chi connectivity index (χ1n) is 12.2. The van der Waals surface area contributed by atoms with E-state index < -0.39 is 11.7 Å². The number of fused-ring (bicyclic) bond motifs is 1. The van der Waals surface area contributed by atoms with E-state index in [0.29, 0.717) is 24.2 Å². The smallest absolute Gasteiger partial charge is 0.407 e. The van der Waals surface area contributed by atoms with E-state index in [1.165, 1.54) is 4.90 Å². The maximum atomic E-state index is 13.6. The van der Waals surface area contributed by atoms with Gasteiger partial charge in [0.05, 0.1) is 0 Å². The van der Waals surface area contributed by atoms with Gasteiger partial charge in [0.25, 0.3) is 0 Å². The van der Waals surface area contributed by atoms with Crippen LogP contribution in [0.15, 0.2) is 33.4 Å². The molecule has 35 heavy (non-hydrogen) atoms. The van der Waals surface area contributed by atoms with Crippen LogP contribution in [0.1, 0.15) is 59.4 Å². The minimum absolute atomic E-state index is 0.0220. The molecule has 1 aromatic heterocycles. The predicted molar refractivity (Wildman–Crippen MR) is 138 cm³/mol. The minimum Gasteiger partial charge on any atom is -0.449 e. The van der Waals surface area contributed by atoms with Crippen molar-refractivity contribution in [1.29, 1.82) is 0 Å². The Hall–Kier alpha value is -2.55. The average molecular weight is 550 g/mol. The molecule has 0 saturated carbocycles. The summed E-state index contributed by atoms with van der Waals surface area (Å²) in [6, 6.07) is 7.55. The molecule has 0 aliphatic carbocycles. The molecule has 0 spiro atoms. The number of para-hydroxylation sites is 1. The molecule has 1 aromatic carbocycles. The molecule has 192 valence electrons. The Bertz CT molecular complexity index is 1060. The van der Waals surface area contributed by atoms with E-state index in [-0.39, 0.29) is 36.9 Å². The zero-order chi connectivity index (χ0) is 25.8. The van der Waals surface area contributed by atoms with Gasteiger partial charge in [-0.2, -0.15) is 0 Å². The number of nitrogens with one attached hydrogen (secondary N) is 1. The number of carbonyl (C=O) groups is 3. The Morgan fingerprint density at radius 2 is 1.97 bits per heavy atom. The number of furan rings is 1. The van der Waals surface area contributed by atoms with Gasteiger partial charge in [0.1, 0.15) is 11.2 Å². The summed E-state index contributed by atoms with van der Waals surface area (Å²) in [5.74, 6) is -0.185. The van der Waals surface area contributed by atoms with Crippen LogP contribution in [0.4, 0.5) is 9.59 Å². The van der Waals surface area contributed by atoms with Crippen molar-refractivity contribution in [2.75, 3.05) is 19.6 Å². The molecule has 2 aromatic rings. The van der Waals surface area contributed by atoms with Gasteiger partial charge >= 0.3 is 12.1 Å². The zero-order valence-electron chi connectivity index (χ0n) is 21.2. The van der Waals surface area contributed by atoms with Gasteiger partial charge in [-0.1, -0.05) is 32.0 Å². The molecule has 1 aliphatic heterocycles. The normalized spacial score (nSPS) is 16.1. The lowest BCUT2D eigenvalue weighted by Gasteiger charge is -2.32. The Labute approximate surface area is 215 Å². The summed E-state index contributed by atoms with van der Waals surface area (Å²) in [4.78, 5) is 41.7. The first kappa shape index (κ1) is 27.0. The first-order valence-corrected chi connectivity index (χ1v) is 13.0. The number of carbonyl (C=O) groups excluding carboxylic acids is 3. The molecule has 3 rings (SSSR count). The summed E-state index contributed by atoms with van der Waals surface area (Å²) in [5.41, 5.74) is 1.22. The summed E-state index contributed by atoms with van der Waals surface area (Å²) in [6.45, 7) is 10.3. The molecule has 0 radical (unpaired) electrons. The van der Waals surface area contributed by atoms with Crippen molar-refractivity contribution in [2.24, 2.45) is 5.92 Å². The fourth-order valence-corrected chi connectivity index (χ4v) is 4.87. The van der Waals surface area contributed by atoms with Crippen molar-refractivity contribution in [3.63, 3.8) is 0 Å². The molecule has 8 nitrogen and oxygen atoms in total. The Morgan fingerprint density at radius 1 is 1.26 bits per heavy atom. The molecule has 1 fully saturated rings. The second kappa shape index (κ2) is 11.5. The molecule has 0 bridgehead atoms. The number of rotatable bonds is 7. The third kappa shape index (κ3) is 7.22. The highest BCUT2D eigenvalue weighted by Crippen LogP contribution is 2.33. The van der Waals surface area contributed by atoms with Gasteiger partial charge in [0.15, 0.2) is 4.67 Å². The van der Waals surface area contributed by atoms with Crippen molar-refractivity contribution < 1.29 is 23.5 Å². The number of halogens is 1. The molecule has 1 aliphatic rings. The number of amides is 4. The van der Waals surface area contributed by atoms with Crippen LogP contribution in [-0.2, 0) is 16.0 Å². The van der Waals surface area contributed by atoms with E-state index in [1.54, 1.807) is 20.8 Å². The van der Waals surface area contributed by atoms with Gasteiger partial charge in [-0.15, -0.1) is 0 Å². The maximum Gasteiger partial charge on any atom is 0.407 e. The van der Waals surface area contributed by atoms with Gasteiger partial charge in [-0.25, -0.2) is 9.59 Å². The fourth-order valence-electron chi connectivity index (χ4n) is 4.32. The number of hydrogen-bond acceptors (Lipinski definition) is 5. The number of alkyl carbamates (subject to hydrolysis) is 1. The third-order valence-electron chi connectivity index (χ3n) is 5.80. The predicted octanol–water partition coefficient (Wildman–Crippen LogP) is 5.72. The van der Waals surface area contributed by atoms with E-state index in [1.807, 2.05) is 43.0 Å². The van der Waals surface area contributed by atoms with E-state index in [0.717, 1.165) is 29.4 Å². The highest BCUT2D eigenvalue weighted by atomic mass is 79.9. The molecule has 2 heterocycles. The fraction of sp³-hybridized carbons (Fsp3) is 0.577. The van der Waals surface area contributed by atoms with Crippen molar-refractivity contribution in [2.45, 2.75) is 71.9 Å². The summed E-state index contributed by atoms with van der Waals surface area (Å²) in [6.07, 6.45) is 1.83. The van der Waals surface area contributed by atoms with Crippen LogP contribution < -0.4 is 5.32 Å². The first-order chi connectivity index (χ1) is 16.5. The SMILES string of the molecule is CC(C)CN(C(=O)CCNC(=O)OC(C)(C)C)C(=O)N1CCC[C@H]1Cc1c(Br)oc2ccccc12. The van der Waals surface area contributed by atoms with Crippen LogP contribution in [0.3, 0.4) is 0 Å². The Kier molecular flexibility index (Phi) is 8.85. The Morgan fingerprint density at radius 3 is 2.66 bits per heavy atom. The largest absolute Gasteiger partial charge is 0.449 e. The van der Waals surface area contributed by atoms with Crippen LogP contribution in [0, 0.1) is 5.92 Å². The molecule has 1 atom stereocenters. The number of imide groups is 1. The van der Waals surface area contributed by atoms with Crippen molar-refractivity contribution in [3.8, 4) is 0 Å². The summed E-state index contributed by atoms with van der Waals surface area (Å²) >= 11 is 3.54. The van der Waals surface area contributed by atoms with E-state index >= 15 is 0 Å². The number of hydrogen-bond donors (Lipinski definition) is 1. The molecule has 1 saturated heterocycles. The van der Waals surface area contributed by atoms with Gasteiger partial charge in [-0.3, -0.25) is 9.69 Å². The van der Waals surface area contributed by atoms with Crippen LogP contribution >= 0.6 is 15.9 Å². The number of urea groups is 1. The van der Waals surface area contributed by atoms with E-state index in [2.05, 4.69) is 21.2 Å². The second-order valence-electron chi connectivity index (χ2n) is 10.4. The summed E-state index contributed by atoms with van der Waals surface area (Å²) < 4.78 is 11.7. The number of nitrogens with zero attached hydrogens (tertiary/aromatic N) is 2. The number of ether oxygens (including phenoxy) is 1. The third-order valence-corrected chi connectivity index (χ3v) is 6.44. The Balaban J connectivity index is 1.68. The second-order valence-corrected chi connectivity index (χ2v) is 11.1. The highest BCUT2D eigenvalue weighted by molar-refractivity contribution is 9.10. The molecule has 9 heteroatoms. The number of benzene rings is 1. The summed E-state index contributed by atoms with van der Waals surface area (Å²) in [7, 11) is 0.